The first-order valence-corrected chi connectivity index (χ1v) is 17.2. The number of sulfonamides is 1. The minimum Gasteiger partial charge on any atom is -0.505 e. The van der Waals surface area contributed by atoms with Crippen molar-refractivity contribution in [3.63, 3.8) is 0 Å². The molecule has 1 aliphatic heterocycles. The number of aromatic nitrogens is 1. The van der Waals surface area contributed by atoms with E-state index in [0.29, 0.717) is 43.7 Å². The lowest BCUT2D eigenvalue weighted by atomic mass is 9.97. The summed E-state index contributed by atoms with van der Waals surface area (Å²) in [6.45, 7) is 5.91. The molecular weight excluding hydrogens is 590 g/mol. The van der Waals surface area contributed by atoms with Gasteiger partial charge >= 0.3 is 0 Å². The van der Waals surface area contributed by atoms with Crippen LogP contribution in [0.5, 0.6) is 5.75 Å². The zero-order chi connectivity index (χ0) is 31.0. The lowest BCUT2D eigenvalue weighted by molar-refractivity contribution is 0.112. The van der Waals surface area contributed by atoms with Gasteiger partial charge in [-0.1, -0.05) is 36.2 Å². The van der Waals surface area contributed by atoms with Crippen molar-refractivity contribution in [1.82, 2.24) is 19.1 Å². The van der Waals surface area contributed by atoms with Gasteiger partial charge < -0.3 is 19.2 Å². The van der Waals surface area contributed by atoms with Crippen LogP contribution in [0, 0.1) is 0 Å². The highest BCUT2D eigenvalue weighted by atomic mass is 32.2. The summed E-state index contributed by atoms with van der Waals surface area (Å²) in [7, 11) is 0.841. The molecule has 234 valence electrons. The van der Waals surface area contributed by atoms with Gasteiger partial charge in [0, 0.05) is 63.7 Å². The topological polar surface area (TPSA) is 97.3 Å². The van der Waals surface area contributed by atoms with Gasteiger partial charge in [0.25, 0.3) is 0 Å². The Hall–Kier alpha value is -2.77. The number of aldehydes is 1. The molecule has 2 heterocycles. The Morgan fingerprint density at radius 3 is 2.44 bits per heavy atom. The molecule has 12 heteroatoms. The number of phenols is 1. The van der Waals surface area contributed by atoms with Gasteiger partial charge in [-0.3, -0.25) is 9.78 Å². The zero-order valence-electron chi connectivity index (χ0n) is 25.2. The second-order valence-corrected chi connectivity index (χ2v) is 14.3. The molecule has 0 unspecified atom stereocenters. The van der Waals surface area contributed by atoms with Crippen LogP contribution in [-0.4, -0.2) is 104 Å². The van der Waals surface area contributed by atoms with Crippen LogP contribution in [0.1, 0.15) is 40.4 Å². The summed E-state index contributed by atoms with van der Waals surface area (Å²) in [5, 5.41) is 11.8. The summed E-state index contributed by atoms with van der Waals surface area (Å²) in [5.41, 5.74) is 4.02. The Labute approximate surface area is 258 Å². The summed E-state index contributed by atoms with van der Waals surface area (Å²) in [4.78, 5) is 21.1. The molecule has 0 saturated carbocycles. The van der Waals surface area contributed by atoms with E-state index in [0.717, 1.165) is 60.3 Å². The Bertz CT molecular complexity index is 1480. The normalized spacial score (nSPS) is 14.9. The summed E-state index contributed by atoms with van der Waals surface area (Å²) in [5.74, 6) is 0.866. The van der Waals surface area contributed by atoms with Crippen molar-refractivity contribution in [1.29, 1.82) is 0 Å². The number of alkyl halides is 1. The number of nitrogens with zero attached hydrogens (tertiary/aromatic N) is 5. The summed E-state index contributed by atoms with van der Waals surface area (Å²) in [6.07, 6.45) is 3.79. The van der Waals surface area contributed by atoms with Crippen LogP contribution < -0.4 is 4.31 Å². The predicted octanol–water partition coefficient (Wildman–Crippen LogP) is 4.34. The molecule has 1 aromatic heterocycles. The fraction of sp³-hybridized carbons (Fsp3) is 0.484. The number of benzene rings is 2. The van der Waals surface area contributed by atoms with Gasteiger partial charge in [-0.05, 0) is 62.2 Å². The van der Waals surface area contributed by atoms with E-state index in [1.165, 1.54) is 0 Å². The molecule has 0 spiro atoms. The summed E-state index contributed by atoms with van der Waals surface area (Å²) in [6, 6.07) is 11.2. The summed E-state index contributed by atoms with van der Waals surface area (Å²) < 4.78 is 40.9. The van der Waals surface area contributed by atoms with E-state index in [1.807, 2.05) is 38.4 Å². The molecule has 2 aromatic carbocycles. The molecule has 9 nitrogen and oxygen atoms in total. The first-order valence-electron chi connectivity index (χ1n) is 14.6. The van der Waals surface area contributed by atoms with Crippen molar-refractivity contribution < 1.29 is 22.7 Å². The number of anilines is 1. The van der Waals surface area contributed by atoms with Crippen molar-refractivity contribution in [2.75, 3.05) is 69.2 Å². The lowest BCUT2D eigenvalue weighted by Crippen LogP contribution is -2.49. The number of carbonyl (C=O) groups is 1. The molecule has 1 fully saturated rings. The number of rotatable bonds is 15. The largest absolute Gasteiger partial charge is 0.505 e. The average Bonchev–Trinajstić information content (AvgIpc) is 3.02. The first kappa shape index (κ1) is 33.1. The molecule has 1 N–H and O–H groups in total. The number of carbonyl (C=O) groups excluding carboxylic acids is 1. The van der Waals surface area contributed by atoms with E-state index in [9.17, 15) is 22.7 Å². The van der Waals surface area contributed by atoms with Gasteiger partial charge in [-0.2, -0.15) is 4.31 Å². The fourth-order valence-corrected chi connectivity index (χ4v) is 7.44. The Balaban J connectivity index is 1.44. The molecule has 3 aromatic rings. The maximum atomic E-state index is 12.9. The van der Waals surface area contributed by atoms with E-state index >= 15 is 0 Å². The van der Waals surface area contributed by atoms with Crippen LogP contribution in [-0.2, 0) is 29.7 Å². The number of fused-ring (bicyclic) bond motifs is 1. The third-order valence-corrected chi connectivity index (χ3v) is 10.9. The number of phenolic OH excluding ortho intramolecular Hbond substituents is 1. The highest BCUT2D eigenvalue weighted by Gasteiger charge is 2.26. The van der Waals surface area contributed by atoms with Crippen molar-refractivity contribution in [3.8, 4) is 5.75 Å². The SMILES string of the molecule is CCS(=O)(=O)N1CCN(CCCSN(C)c2c(CCN(C)Cc3ccc(CF)cc3)c(C=O)c(O)c3ncccc23)CC1. The van der Waals surface area contributed by atoms with Gasteiger partial charge in [0.1, 0.15) is 12.2 Å². The van der Waals surface area contributed by atoms with E-state index in [-0.39, 0.29) is 17.1 Å². The molecule has 0 bridgehead atoms. The minimum absolute atomic E-state index is 0.101. The minimum atomic E-state index is -3.14. The van der Waals surface area contributed by atoms with Crippen molar-refractivity contribution >= 4 is 44.8 Å². The average molecular weight is 632 g/mol. The van der Waals surface area contributed by atoms with Crippen molar-refractivity contribution in [3.05, 3.63) is 64.8 Å². The maximum Gasteiger partial charge on any atom is 0.213 e. The summed E-state index contributed by atoms with van der Waals surface area (Å²) >= 11 is 1.65. The Morgan fingerprint density at radius 2 is 1.79 bits per heavy atom. The quantitative estimate of drug-likeness (QED) is 0.149. The smallest absolute Gasteiger partial charge is 0.213 e. The molecular formula is C31H42FN5O4S2. The highest BCUT2D eigenvalue weighted by molar-refractivity contribution is 8.00. The monoisotopic (exact) mass is 631 g/mol. The van der Waals surface area contributed by atoms with E-state index in [1.54, 1.807) is 41.5 Å². The number of hydrogen-bond acceptors (Lipinski definition) is 9. The lowest BCUT2D eigenvalue weighted by Gasteiger charge is -2.33. The van der Waals surface area contributed by atoms with Crippen LogP contribution >= 0.6 is 11.9 Å². The van der Waals surface area contributed by atoms with Gasteiger partial charge in [0.2, 0.25) is 10.0 Å². The second kappa shape index (κ2) is 15.3. The van der Waals surface area contributed by atoms with Gasteiger partial charge in [0.15, 0.2) is 12.0 Å². The van der Waals surface area contributed by atoms with E-state index < -0.39 is 16.7 Å². The molecule has 1 saturated heterocycles. The van der Waals surface area contributed by atoms with Crippen LogP contribution in [0.25, 0.3) is 10.9 Å². The Kier molecular flexibility index (Phi) is 11.8. The molecule has 1 aliphatic rings. The standard InChI is InChI=1S/C31H42FN5O4S2/c1-4-43(40,41)37-18-16-36(17-19-37)14-6-20-42-35(3)30-26(28(23-38)31(39)29-27(30)7-5-13-33-29)12-15-34(2)22-25-10-8-24(21-32)9-11-25/h5,7-11,13,23,39H,4,6,12,14-22H2,1-3H3. The molecule has 0 atom stereocenters. The third-order valence-electron chi connectivity index (χ3n) is 7.95. The fourth-order valence-electron chi connectivity index (χ4n) is 5.48. The number of aromatic hydroxyl groups is 1. The first-order chi connectivity index (χ1) is 20.7. The van der Waals surface area contributed by atoms with Crippen LogP contribution in [0.2, 0.25) is 0 Å². The molecule has 0 aliphatic carbocycles. The number of hydrogen-bond donors (Lipinski definition) is 1. The highest BCUT2D eigenvalue weighted by Crippen LogP contribution is 2.41. The maximum absolute atomic E-state index is 12.9. The van der Waals surface area contributed by atoms with E-state index in [4.69, 9.17) is 0 Å². The Morgan fingerprint density at radius 1 is 1.09 bits per heavy atom. The van der Waals surface area contributed by atoms with Crippen molar-refractivity contribution in [2.24, 2.45) is 0 Å². The van der Waals surface area contributed by atoms with E-state index in [2.05, 4.69) is 19.1 Å². The molecule has 0 amide bonds. The predicted molar refractivity (Wildman–Crippen MR) is 173 cm³/mol. The third kappa shape index (κ3) is 8.24. The number of piperazine rings is 1. The molecule has 0 radical (unpaired) electrons. The van der Waals surface area contributed by atoms with Crippen LogP contribution in [0.15, 0.2) is 42.6 Å². The molecule has 4 rings (SSSR count). The zero-order valence-corrected chi connectivity index (χ0v) is 26.8. The number of pyridine rings is 1. The van der Waals surface area contributed by atoms with Gasteiger partial charge in [0.05, 0.1) is 17.0 Å². The van der Waals surface area contributed by atoms with Crippen molar-refractivity contribution in [2.45, 2.75) is 33.0 Å². The molecule has 43 heavy (non-hydrogen) atoms. The van der Waals surface area contributed by atoms with Crippen LogP contribution in [0.4, 0.5) is 10.1 Å². The van der Waals surface area contributed by atoms with Gasteiger partial charge in [-0.15, -0.1) is 0 Å². The number of halogens is 1. The second-order valence-electron chi connectivity index (χ2n) is 10.9. The van der Waals surface area contributed by atoms with Gasteiger partial charge in [-0.25, -0.2) is 12.8 Å². The van der Waals surface area contributed by atoms with Crippen LogP contribution in [0.3, 0.4) is 0 Å². The number of likely N-dealkylation sites (N-methyl/N-ethyl adjacent to an activating group) is 1.